The van der Waals surface area contributed by atoms with Gasteiger partial charge >= 0.3 is 0 Å². The molecule has 9 heteroatoms. The molecule has 1 fully saturated rings. The van der Waals surface area contributed by atoms with Crippen molar-refractivity contribution in [2.24, 2.45) is 0 Å². The Bertz CT molecular complexity index is 914. The lowest BCUT2D eigenvalue weighted by atomic mass is 10.0. The Kier molecular flexibility index (Phi) is 10.8. The number of hydrogen-bond acceptors (Lipinski definition) is 9. The highest BCUT2D eigenvalue weighted by Gasteiger charge is 2.17. The Morgan fingerprint density at radius 3 is 2.74 bits per heavy atom. The number of benzene rings is 1. The molecule has 0 spiro atoms. The summed E-state index contributed by atoms with van der Waals surface area (Å²) in [6, 6.07) is 6.11. The lowest BCUT2D eigenvalue weighted by Gasteiger charge is -2.27. The number of aromatic nitrogens is 2. The maximum Gasteiger partial charge on any atom is 0.222 e. The molecule has 1 saturated heterocycles. The summed E-state index contributed by atoms with van der Waals surface area (Å²) in [5.74, 6) is 2.54. The van der Waals surface area contributed by atoms with Gasteiger partial charge in [0.15, 0.2) is 0 Å². The number of methoxy groups -OCH3 is 1. The van der Waals surface area contributed by atoms with E-state index in [2.05, 4.69) is 32.4 Å². The van der Waals surface area contributed by atoms with Crippen molar-refractivity contribution in [3.8, 4) is 11.5 Å². The second-order valence-electron chi connectivity index (χ2n) is 9.08. The van der Waals surface area contributed by atoms with Crippen LogP contribution in [0.5, 0.6) is 11.5 Å². The minimum absolute atomic E-state index is 0.122. The van der Waals surface area contributed by atoms with E-state index in [4.69, 9.17) is 15.2 Å². The molecule has 1 aromatic heterocycles. The molecule has 0 amide bonds. The van der Waals surface area contributed by atoms with Gasteiger partial charge in [0.1, 0.15) is 17.3 Å². The van der Waals surface area contributed by atoms with Crippen molar-refractivity contribution in [3.63, 3.8) is 0 Å². The van der Waals surface area contributed by atoms with Gasteiger partial charge in [0.2, 0.25) is 5.95 Å². The molecule has 5 N–H and O–H groups in total. The second-order valence-corrected chi connectivity index (χ2v) is 9.08. The Labute approximate surface area is 209 Å². The number of nitrogens with zero attached hydrogens (tertiary/aromatic N) is 3. The average Bonchev–Trinajstić information content (AvgIpc) is 2.85. The molecule has 0 saturated carbocycles. The molecule has 2 aromatic rings. The van der Waals surface area contributed by atoms with Crippen LogP contribution in [0.3, 0.4) is 0 Å². The number of nitrogens with two attached hydrogens (primary N) is 1. The van der Waals surface area contributed by atoms with Gasteiger partial charge in [-0.3, -0.25) is 0 Å². The number of aryl methyl sites for hydroxylation is 1. The first-order chi connectivity index (χ1) is 17.0. The smallest absolute Gasteiger partial charge is 0.222 e. The van der Waals surface area contributed by atoms with Crippen LogP contribution in [0.4, 0.5) is 11.8 Å². The Hall–Kier alpha value is -2.62. The van der Waals surface area contributed by atoms with E-state index in [0.717, 1.165) is 86.1 Å². The van der Waals surface area contributed by atoms with E-state index >= 15 is 0 Å². The molecule has 0 bridgehead atoms. The van der Waals surface area contributed by atoms with Gasteiger partial charge in [-0.1, -0.05) is 19.4 Å². The third-order valence-electron chi connectivity index (χ3n) is 6.41. The van der Waals surface area contributed by atoms with Crippen LogP contribution in [0.25, 0.3) is 0 Å². The maximum absolute atomic E-state index is 9.46. The number of nitrogen functional groups attached to an aromatic ring is 1. The molecule has 0 aliphatic carbocycles. The molecule has 9 nitrogen and oxygen atoms in total. The van der Waals surface area contributed by atoms with Crippen molar-refractivity contribution in [2.75, 3.05) is 64.1 Å². The molecule has 0 unspecified atom stereocenters. The molecule has 1 aliphatic rings. The zero-order chi connectivity index (χ0) is 25.0. The van der Waals surface area contributed by atoms with E-state index in [-0.39, 0.29) is 18.6 Å². The fourth-order valence-corrected chi connectivity index (χ4v) is 4.50. The Morgan fingerprint density at radius 1 is 1.23 bits per heavy atom. The highest BCUT2D eigenvalue weighted by molar-refractivity contribution is 5.54. The minimum atomic E-state index is 0.122. The van der Waals surface area contributed by atoms with Crippen LogP contribution in [0.2, 0.25) is 0 Å². The van der Waals surface area contributed by atoms with E-state index < -0.39 is 0 Å². The van der Waals surface area contributed by atoms with Crippen LogP contribution in [0.15, 0.2) is 18.2 Å². The SMILES string of the molecule is CCC[C@@H](CCO)Nc1nc(N)nc(C)c1Cc1ccc(OCCCN2CCNCC2)cc1OC. The van der Waals surface area contributed by atoms with Crippen LogP contribution < -0.4 is 25.8 Å². The molecule has 35 heavy (non-hydrogen) atoms. The summed E-state index contributed by atoms with van der Waals surface area (Å²) < 4.78 is 11.7. The summed E-state index contributed by atoms with van der Waals surface area (Å²) in [5, 5.41) is 16.3. The number of anilines is 2. The monoisotopic (exact) mass is 486 g/mol. The number of piperazine rings is 1. The number of nitrogens with one attached hydrogen (secondary N) is 2. The first-order valence-corrected chi connectivity index (χ1v) is 12.8. The minimum Gasteiger partial charge on any atom is -0.496 e. The topological polar surface area (TPSA) is 118 Å². The summed E-state index contributed by atoms with van der Waals surface area (Å²) in [6.07, 6.45) is 4.19. The molecular formula is C26H42N6O3. The van der Waals surface area contributed by atoms with Crippen LogP contribution in [0.1, 0.15) is 49.4 Å². The lowest BCUT2D eigenvalue weighted by molar-refractivity contribution is 0.213. The Balaban J connectivity index is 1.68. The van der Waals surface area contributed by atoms with Gasteiger partial charge in [0, 0.05) is 69.1 Å². The number of ether oxygens (including phenoxy) is 2. The van der Waals surface area contributed by atoms with Gasteiger partial charge in [-0.15, -0.1) is 0 Å². The zero-order valence-electron chi connectivity index (χ0n) is 21.5. The molecule has 3 rings (SSSR count). The third-order valence-corrected chi connectivity index (χ3v) is 6.41. The molecule has 194 valence electrons. The molecule has 0 radical (unpaired) electrons. The second kappa shape index (κ2) is 14.1. The molecule has 2 heterocycles. The number of hydrogen-bond donors (Lipinski definition) is 4. The number of aliphatic hydroxyl groups is 1. The van der Waals surface area contributed by atoms with Crippen molar-refractivity contribution in [3.05, 3.63) is 35.0 Å². The quantitative estimate of drug-likeness (QED) is 0.299. The van der Waals surface area contributed by atoms with Crippen molar-refractivity contribution < 1.29 is 14.6 Å². The van der Waals surface area contributed by atoms with Crippen molar-refractivity contribution in [1.82, 2.24) is 20.2 Å². The fourth-order valence-electron chi connectivity index (χ4n) is 4.50. The van der Waals surface area contributed by atoms with Crippen LogP contribution in [-0.2, 0) is 6.42 Å². The molecular weight excluding hydrogens is 444 g/mol. The van der Waals surface area contributed by atoms with Gasteiger partial charge in [-0.05, 0) is 37.8 Å². The standard InChI is InChI=1S/C26H42N6O3/c1-4-6-21(9-15-33)30-25-23(19(2)29-26(27)31-25)17-20-7-8-22(18-24(20)34-3)35-16-5-12-32-13-10-28-11-14-32/h7-8,18,21,28,33H,4-6,9-17H2,1-3H3,(H3,27,29,30,31)/t21-/m0/s1. The van der Waals surface area contributed by atoms with E-state index in [0.29, 0.717) is 19.4 Å². The van der Waals surface area contributed by atoms with E-state index in [1.807, 2.05) is 25.1 Å². The third kappa shape index (κ3) is 8.23. The highest BCUT2D eigenvalue weighted by atomic mass is 16.5. The van der Waals surface area contributed by atoms with Crippen molar-refractivity contribution >= 4 is 11.8 Å². The van der Waals surface area contributed by atoms with Crippen molar-refractivity contribution in [1.29, 1.82) is 0 Å². The summed E-state index contributed by atoms with van der Waals surface area (Å²) in [6.45, 7) is 10.3. The molecule has 1 atom stereocenters. The first-order valence-electron chi connectivity index (χ1n) is 12.8. The van der Waals surface area contributed by atoms with Gasteiger partial charge in [0.05, 0.1) is 13.7 Å². The van der Waals surface area contributed by atoms with Gasteiger partial charge in [-0.25, -0.2) is 4.98 Å². The predicted molar refractivity (Wildman–Crippen MR) is 140 cm³/mol. The summed E-state index contributed by atoms with van der Waals surface area (Å²) in [5.41, 5.74) is 8.79. The maximum atomic E-state index is 9.46. The summed E-state index contributed by atoms with van der Waals surface area (Å²) in [7, 11) is 1.68. The molecule has 1 aliphatic heterocycles. The van der Waals surface area contributed by atoms with Crippen molar-refractivity contribution in [2.45, 2.75) is 52.0 Å². The summed E-state index contributed by atoms with van der Waals surface area (Å²) in [4.78, 5) is 11.4. The zero-order valence-corrected chi connectivity index (χ0v) is 21.5. The van der Waals surface area contributed by atoms with E-state index in [9.17, 15) is 5.11 Å². The van der Waals surface area contributed by atoms with E-state index in [1.165, 1.54) is 0 Å². The highest BCUT2D eigenvalue weighted by Crippen LogP contribution is 2.30. The predicted octanol–water partition coefficient (Wildman–Crippen LogP) is 2.60. The number of rotatable bonds is 14. The number of aliphatic hydroxyl groups excluding tert-OH is 1. The summed E-state index contributed by atoms with van der Waals surface area (Å²) >= 11 is 0. The average molecular weight is 487 g/mol. The Morgan fingerprint density at radius 2 is 2.03 bits per heavy atom. The van der Waals surface area contributed by atoms with Crippen LogP contribution in [0, 0.1) is 6.92 Å². The normalized spacial score (nSPS) is 15.1. The van der Waals surface area contributed by atoms with E-state index in [1.54, 1.807) is 7.11 Å². The van der Waals surface area contributed by atoms with Crippen LogP contribution in [-0.4, -0.2) is 79.1 Å². The lowest BCUT2D eigenvalue weighted by Crippen LogP contribution is -2.43. The van der Waals surface area contributed by atoms with Gasteiger partial charge < -0.3 is 35.8 Å². The fraction of sp³-hybridized carbons (Fsp3) is 0.615. The van der Waals surface area contributed by atoms with Gasteiger partial charge in [-0.2, -0.15) is 4.98 Å². The first kappa shape index (κ1) is 27.0. The molecule has 1 aromatic carbocycles. The van der Waals surface area contributed by atoms with Crippen LogP contribution >= 0.6 is 0 Å². The largest absolute Gasteiger partial charge is 0.496 e. The van der Waals surface area contributed by atoms with Gasteiger partial charge in [0.25, 0.3) is 0 Å².